The highest BCUT2D eigenvalue weighted by molar-refractivity contribution is 7.16. The van der Waals surface area contributed by atoms with E-state index in [2.05, 4.69) is 10.6 Å². The van der Waals surface area contributed by atoms with E-state index in [1.54, 1.807) is 26.2 Å². The van der Waals surface area contributed by atoms with Gasteiger partial charge < -0.3 is 15.4 Å². The summed E-state index contributed by atoms with van der Waals surface area (Å²) in [5, 5.41) is 6.27. The van der Waals surface area contributed by atoms with Crippen LogP contribution in [0.2, 0.25) is 0 Å². The summed E-state index contributed by atoms with van der Waals surface area (Å²) < 4.78 is 4.23. The second-order valence-electron chi connectivity index (χ2n) is 7.02. The van der Waals surface area contributed by atoms with Crippen LogP contribution in [0.25, 0.3) is 0 Å². The van der Waals surface area contributed by atoms with E-state index in [1.807, 2.05) is 26.0 Å². The zero-order valence-corrected chi connectivity index (χ0v) is 18.4. The van der Waals surface area contributed by atoms with Crippen LogP contribution < -0.4 is 15.4 Å². The van der Waals surface area contributed by atoms with Gasteiger partial charge in [-0.05, 0) is 44.4 Å². The molecule has 2 N–H and O–H groups in total. The smallest absolute Gasteiger partial charge is 0.259 e. The van der Waals surface area contributed by atoms with E-state index in [-0.39, 0.29) is 11.8 Å². The quantitative estimate of drug-likeness (QED) is 0.590. The van der Waals surface area contributed by atoms with Crippen LogP contribution in [0, 0.1) is 12.3 Å². The van der Waals surface area contributed by atoms with Crippen molar-refractivity contribution in [3.05, 3.63) is 40.3 Å². The molecule has 1 aliphatic carbocycles. The third-order valence-corrected chi connectivity index (χ3v) is 7.30. The van der Waals surface area contributed by atoms with Crippen LogP contribution in [0.15, 0.2) is 24.3 Å². The highest BCUT2D eigenvalue weighted by atomic mass is 35.5. The first-order chi connectivity index (χ1) is 13.1. The zero-order chi connectivity index (χ0) is 20.7. The Kier molecular flexibility index (Phi) is 5.67. The summed E-state index contributed by atoms with van der Waals surface area (Å²) in [6.45, 7) is 5.63. The lowest BCUT2D eigenvalue weighted by atomic mass is 10.1. The van der Waals surface area contributed by atoms with Gasteiger partial charge in [-0.2, -0.15) is 0 Å². The van der Waals surface area contributed by atoms with Crippen LogP contribution in [0.3, 0.4) is 0 Å². The second-order valence-corrected chi connectivity index (χ2v) is 9.73. The average molecular weight is 441 g/mol. The Balaban J connectivity index is 1.91. The number of amides is 2. The molecule has 1 heterocycles. The summed E-state index contributed by atoms with van der Waals surface area (Å²) in [7, 11) is 1.55. The summed E-state index contributed by atoms with van der Waals surface area (Å²) in [6, 6.07) is 7.18. The molecule has 2 aromatic rings. The summed E-state index contributed by atoms with van der Waals surface area (Å²) in [5.41, 5.74) is 1.06. The highest BCUT2D eigenvalue weighted by Crippen LogP contribution is 2.64. The van der Waals surface area contributed by atoms with Crippen LogP contribution in [0.4, 0.5) is 10.7 Å². The fourth-order valence-corrected chi connectivity index (χ4v) is 5.00. The molecular weight excluding hydrogens is 419 g/mol. The first kappa shape index (κ1) is 21.0. The van der Waals surface area contributed by atoms with Gasteiger partial charge in [0.15, 0.2) is 0 Å². The monoisotopic (exact) mass is 440 g/mol. The first-order valence-corrected chi connectivity index (χ1v) is 10.5. The van der Waals surface area contributed by atoms with Gasteiger partial charge in [-0.1, -0.05) is 19.1 Å². The van der Waals surface area contributed by atoms with Gasteiger partial charge in [0.25, 0.3) is 5.91 Å². The van der Waals surface area contributed by atoms with Crippen molar-refractivity contribution in [2.75, 3.05) is 17.7 Å². The van der Waals surface area contributed by atoms with Crippen molar-refractivity contribution in [3.8, 4) is 5.75 Å². The van der Waals surface area contributed by atoms with Crippen molar-refractivity contribution < 1.29 is 14.3 Å². The maximum absolute atomic E-state index is 13.1. The number of para-hydroxylation sites is 2. The van der Waals surface area contributed by atoms with Crippen LogP contribution in [-0.4, -0.2) is 23.3 Å². The fraction of sp³-hybridized carbons (Fsp3) is 0.400. The molecule has 0 radical (unpaired) electrons. The van der Waals surface area contributed by atoms with E-state index in [4.69, 9.17) is 27.9 Å². The molecule has 1 aromatic heterocycles. The number of halogens is 2. The molecule has 0 spiro atoms. The molecule has 0 aliphatic heterocycles. The minimum absolute atomic E-state index is 0.284. The molecule has 1 aliphatic rings. The number of aryl methyl sites for hydroxylation is 1. The van der Waals surface area contributed by atoms with Crippen LogP contribution in [0.5, 0.6) is 5.75 Å². The van der Waals surface area contributed by atoms with E-state index in [0.717, 1.165) is 10.4 Å². The lowest BCUT2D eigenvalue weighted by Crippen LogP contribution is -2.27. The molecule has 1 fully saturated rings. The highest BCUT2D eigenvalue weighted by Gasteiger charge is 2.68. The number of anilines is 2. The molecule has 0 saturated heterocycles. The number of carbonyl (C=O) groups is 2. The van der Waals surface area contributed by atoms with E-state index in [0.29, 0.717) is 34.8 Å². The van der Waals surface area contributed by atoms with Gasteiger partial charge in [0, 0.05) is 4.88 Å². The minimum atomic E-state index is -1.07. The Morgan fingerprint density at radius 1 is 1.25 bits per heavy atom. The number of methoxy groups -OCH3 is 1. The Morgan fingerprint density at radius 3 is 2.46 bits per heavy atom. The number of hydrogen-bond acceptors (Lipinski definition) is 4. The fourth-order valence-electron chi connectivity index (χ4n) is 3.15. The average Bonchev–Trinajstić information content (AvgIpc) is 3.01. The molecule has 1 atom stereocenters. The molecule has 150 valence electrons. The lowest BCUT2D eigenvalue weighted by molar-refractivity contribution is -0.120. The number of nitrogens with one attached hydrogen (secondary N) is 2. The molecule has 5 nitrogen and oxygen atoms in total. The van der Waals surface area contributed by atoms with Crippen LogP contribution >= 0.6 is 34.5 Å². The van der Waals surface area contributed by atoms with Crippen molar-refractivity contribution >= 4 is 57.0 Å². The van der Waals surface area contributed by atoms with Crippen molar-refractivity contribution in [2.24, 2.45) is 5.41 Å². The molecule has 0 unspecified atom stereocenters. The minimum Gasteiger partial charge on any atom is -0.495 e. The number of ether oxygens (including phenoxy) is 1. The van der Waals surface area contributed by atoms with E-state index in [1.165, 1.54) is 11.3 Å². The second kappa shape index (κ2) is 7.58. The Bertz CT molecular complexity index is 942. The molecule has 2 amide bonds. The van der Waals surface area contributed by atoms with Gasteiger partial charge in [0.1, 0.15) is 15.1 Å². The normalized spacial score (nSPS) is 19.8. The maximum atomic E-state index is 13.1. The molecule has 1 aromatic carbocycles. The number of alkyl halides is 2. The molecule has 28 heavy (non-hydrogen) atoms. The third kappa shape index (κ3) is 3.61. The van der Waals surface area contributed by atoms with Gasteiger partial charge in [0.05, 0.1) is 23.8 Å². The Labute approximate surface area is 178 Å². The predicted octanol–water partition coefficient (Wildman–Crippen LogP) is 5.40. The lowest BCUT2D eigenvalue weighted by Gasteiger charge is -2.14. The van der Waals surface area contributed by atoms with Gasteiger partial charge in [0.2, 0.25) is 5.91 Å². The Hall–Kier alpha value is -1.76. The number of carbonyl (C=O) groups excluding carboxylic acids is 2. The topological polar surface area (TPSA) is 67.4 Å². The molecule has 1 saturated carbocycles. The number of hydrogen-bond donors (Lipinski definition) is 2. The third-order valence-electron chi connectivity index (χ3n) is 5.13. The largest absolute Gasteiger partial charge is 0.495 e. The van der Waals surface area contributed by atoms with Crippen molar-refractivity contribution in [3.63, 3.8) is 0 Å². The van der Waals surface area contributed by atoms with E-state index in [9.17, 15) is 9.59 Å². The SMILES string of the molecule is CCc1c(C)sc(NC(=O)[C@]2(C)CC2(Cl)Cl)c1C(=O)Nc1ccccc1OC. The number of benzene rings is 1. The van der Waals surface area contributed by atoms with Crippen molar-refractivity contribution in [1.82, 2.24) is 0 Å². The van der Waals surface area contributed by atoms with Gasteiger partial charge in [-0.15, -0.1) is 34.5 Å². The number of rotatable bonds is 6. The molecule has 3 rings (SSSR count). The number of thiophene rings is 1. The van der Waals surface area contributed by atoms with Crippen LogP contribution in [-0.2, 0) is 11.2 Å². The maximum Gasteiger partial charge on any atom is 0.259 e. The summed E-state index contributed by atoms with van der Waals surface area (Å²) in [4.78, 5) is 26.8. The Morgan fingerprint density at radius 2 is 1.89 bits per heavy atom. The first-order valence-electron chi connectivity index (χ1n) is 8.90. The molecule has 8 heteroatoms. The standard InChI is InChI=1S/C20H22Cl2N2O3S/c1-5-12-11(2)28-17(24-18(26)19(3)10-20(19,21)22)15(12)16(25)23-13-8-6-7-9-14(13)27-4/h6-9H,5,10H2,1-4H3,(H,23,25)(H,24,26)/t19-/m0/s1. The van der Waals surface area contributed by atoms with Crippen LogP contribution in [0.1, 0.15) is 41.1 Å². The zero-order valence-electron chi connectivity index (χ0n) is 16.1. The predicted molar refractivity (Wildman–Crippen MR) is 115 cm³/mol. The molecule has 0 bridgehead atoms. The summed E-state index contributed by atoms with van der Waals surface area (Å²) in [5.74, 6) is -0.0244. The van der Waals surface area contributed by atoms with Gasteiger partial charge in [-0.3, -0.25) is 9.59 Å². The van der Waals surface area contributed by atoms with Gasteiger partial charge >= 0.3 is 0 Å². The molecular formula is C20H22Cl2N2O3S. The van der Waals surface area contributed by atoms with Gasteiger partial charge in [-0.25, -0.2) is 0 Å². The van der Waals surface area contributed by atoms with Crippen molar-refractivity contribution in [2.45, 2.75) is 37.9 Å². The summed E-state index contributed by atoms with van der Waals surface area (Å²) >= 11 is 13.6. The van der Waals surface area contributed by atoms with E-state index >= 15 is 0 Å². The van der Waals surface area contributed by atoms with E-state index < -0.39 is 9.75 Å². The summed E-state index contributed by atoms with van der Waals surface area (Å²) in [6.07, 6.45) is 1.04. The van der Waals surface area contributed by atoms with Crippen molar-refractivity contribution in [1.29, 1.82) is 0 Å².